The molecule has 4 heterocycles. The molecule has 0 amide bonds. The van der Waals surface area contributed by atoms with Gasteiger partial charge in [-0.1, -0.05) is 405 Å². The molecule has 4 aliphatic rings. The van der Waals surface area contributed by atoms with Crippen LogP contribution in [-0.2, 0) is 21.7 Å². The summed E-state index contributed by atoms with van der Waals surface area (Å²) in [6.45, 7) is 36.7. The second-order valence-corrected chi connectivity index (χ2v) is 35.2. The van der Waals surface area contributed by atoms with E-state index >= 15 is 0 Å². The number of unbranched alkanes of at least 4 members (excludes halogenated alkanes) is 4. The third-order valence-electron chi connectivity index (χ3n) is 26.2. The first-order chi connectivity index (χ1) is 57.4. The largest absolute Gasteiger partial charge is 0.344 e. The van der Waals surface area contributed by atoms with Crippen molar-refractivity contribution in [3.8, 4) is 0 Å². The number of nitrogens with zero attached hydrogens (tertiary/aromatic N) is 4. The van der Waals surface area contributed by atoms with E-state index in [2.05, 4.69) is 468 Å². The van der Waals surface area contributed by atoms with Crippen LogP contribution in [0.1, 0.15) is 183 Å². The van der Waals surface area contributed by atoms with E-state index in [0.717, 1.165) is 39.0 Å². The lowest BCUT2D eigenvalue weighted by molar-refractivity contribution is -0.438. The van der Waals surface area contributed by atoms with Crippen molar-refractivity contribution < 1.29 is 9.15 Å². The quantitative estimate of drug-likeness (QED) is 0.0275. The first-order valence-electron chi connectivity index (χ1n) is 44.9. The summed E-state index contributed by atoms with van der Waals surface area (Å²) < 4.78 is 5.06. The molecule has 4 nitrogen and oxygen atoms in total. The van der Waals surface area contributed by atoms with Crippen molar-refractivity contribution in [1.29, 1.82) is 0 Å². The Bertz CT molecular complexity index is 5020. The van der Waals surface area contributed by atoms with Crippen LogP contribution in [0.2, 0.25) is 12.6 Å². The molecule has 0 spiro atoms. The van der Waals surface area contributed by atoms with Gasteiger partial charge in [-0.2, -0.15) is 54.6 Å². The molecule has 0 bridgehead atoms. The highest BCUT2D eigenvalue weighted by Crippen LogP contribution is 2.50. The summed E-state index contributed by atoms with van der Waals surface area (Å²) in [6.07, 6.45) is 35.1. The predicted octanol–water partition coefficient (Wildman–Crippen LogP) is 25.2. The van der Waals surface area contributed by atoms with Crippen molar-refractivity contribution in [3.63, 3.8) is 0 Å². The predicted molar refractivity (Wildman–Crippen MR) is 520 cm³/mol. The normalized spacial score (nSPS) is 16.2. The summed E-state index contributed by atoms with van der Waals surface area (Å²) in [5.74, 6) is 0. The zero-order valence-electron chi connectivity index (χ0n) is 73.7. The highest BCUT2D eigenvalue weighted by Gasteiger charge is 2.47. The van der Waals surface area contributed by atoms with E-state index in [0.29, 0.717) is 0 Å². The molecule has 0 unspecified atom stereocenters. The van der Waals surface area contributed by atoms with Gasteiger partial charge < -0.3 is 9.80 Å². The van der Waals surface area contributed by atoms with Gasteiger partial charge in [0.05, 0.1) is 23.1 Å². The summed E-state index contributed by atoms with van der Waals surface area (Å²) in [7, 11) is 0. The van der Waals surface area contributed by atoms with E-state index in [1.54, 1.807) is 0 Å². The van der Waals surface area contributed by atoms with E-state index in [-0.39, 0.29) is 21.7 Å². The molecule has 0 aromatic heterocycles. The van der Waals surface area contributed by atoms with Crippen LogP contribution in [0.5, 0.6) is 0 Å². The van der Waals surface area contributed by atoms with Gasteiger partial charge in [0.25, 0.3) is 0 Å². The minimum absolute atomic E-state index is 0.00165. The Labute approximate surface area is 711 Å². The molecule has 15 rings (SSSR count). The van der Waals surface area contributed by atoms with Crippen LogP contribution < -0.4 is 42.6 Å². The Hall–Kier alpha value is -10.8. The molecule has 0 saturated carbocycles. The van der Waals surface area contributed by atoms with Gasteiger partial charge in [0.15, 0.2) is 11.4 Å². The smallest absolute Gasteiger partial charge is 0.210 e. The monoisotopic (exact) mass is 1560 g/mol. The van der Waals surface area contributed by atoms with Gasteiger partial charge in [0.1, 0.15) is 13.1 Å². The third-order valence-corrected chi connectivity index (χ3v) is 26.2. The van der Waals surface area contributed by atoms with Gasteiger partial charge >= 0.3 is 0 Å². The van der Waals surface area contributed by atoms with Gasteiger partial charge in [-0.05, 0) is 92.8 Å². The molecule has 118 heavy (non-hydrogen) atoms. The maximum Gasteiger partial charge on any atom is 0.210 e. The number of rotatable bonds is 28. The fourth-order valence-electron chi connectivity index (χ4n) is 20.1. The average Bonchev–Trinajstić information content (AvgIpc) is 1.56. The number of hydrogen-bond acceptors (Lipinski definition) is 2. The molecule has 0 N–H and O–H groups in total. The van der Waals surface area contributed by atoms with Crippen molar-refractivity contribution >= 4 is 90.0 Å². The Morgan fingerprint density at radius 1 is 0.288 bits per heavy atom. The molecule has 11 aromatic carbocycles. The lowest BCUT2D eigenvalue weighted by Crippen LogP contribution is -2.66. The highest BCUT2D eigenvalue weighted by molar-refractivity contribution is 7.12. The van der Waals surface area contributed by atoms with E-state index in [9.17, 15) is 0 Å². The topological polar surface area (TPSA) is 12.5 Å². The average molecular weight is 1560 g/mol. The molecular formula is C112H132B2N4. The molecular weight excluding hydrogens is 1420 g/mol. The number of fused-ring (bicyclic) bond motifs is 6. The van der Waals surface area contributed by atoms with E-state index < -0.39 is 12.3 Å². The molecule has 606 valence electrons. The van der Waals surface area contributed by atoms with Gasteiger partial charge in [-0.25, -0.2) is 0 Å². The Morgan fingerprint density at radius 3 is 1.07 bits per heavy atom. The van der Waals surface area contributed by atoms with Gasteiger partial charge in [0.2, 0.25) is 11.4 Å². The molecule has 4 aliphatic heterocycles. The SMILES string of the molecule is CCCCN1C(=CC=CC=CC2=[N+](CCC)c3ccccc3C2(C)C)C(C)(C)c2ccccc21.CCCC[B-](c1ccccc1)(c1ccccc1)c1ccccc1.CCCC[B-](c1ccccc1)(c1ccccc1)c1ccccc1.CCCC[N+]1=C(/C=C/C=C/C=C2/N(CCC)c3ccccc3C2(C)C)C(C)(C)c2c1ccc1ccccc21. The van der Waals surface area contributed by atoms with Crippen molar-refractivity contribution in [1.82, 2.24) is 0 Å². The number of para-hydroxylation sites is 3. The third kappa shape index (κ3) is 18.2. The van der Waals surface area contributed by atoms with Gasteiger partial charge in [0, 0.05) is 94.9 Å². The number of hydrogen-bond donors (Lipinski definition) is 0. The first-order valence-corrected chi connectivity index (χ1v) is 44.9. The molecule has 0 fully saturated rings. The summed E-state index contributed by atoms with van der Waals surface area (Å²) in [5.41, 5.74) is 25.3. The maximum atomic E-state index is 2.56. The van der Waals surface area contributed by atoms with E-state index in [1.165, 1.54) is 175 Å². The van der Waals surface area contributed by atoms with Crippen molar-refractivity contribution in [2.45, 2.75) is 195 Å². The standard InChI is InChI=1S/C36H43N2.C32H41N2.2C22H24B/c1-7-9-26-38-31-24-23-27-17-13-14-18-28(27)34(31)36(5,6)33(38)22-12-10-11-21-32-35(3,4)29-19-15-16-20-30(29)37(32)25-8-2;1-7-9-24-34-28-20-16-14-18-26(28)32(5,6)30(34)22-12-10-11-21-29-31(3,4)25-17-13-15-19-27(25)33(29)23-8-2;2*1-2-3-19-23(20-13-7-4-8-14-20,21-15-9-5-10-16-21)22-17-11-6-12-18-22/h10-24H,7-9,25-26H2,1-6H3;10-22H,7-9,23-24H2,1-6H3;2*4-18H,2-3,19H2,1H3/q2*+1;2*-1. The Morgan fingerprint density at radius 2 is 0.653 bits per heavy atom. The Kier molecular flexibility index (Phi) is 29.4. The molecule has 11 aromatic rings. The summed E-state index contributed by atoms with van der Waals surface area (Å²) in [5, 5.41) is 2.70. The molecule has 0 aliphatic carbocycles. The second-order valence-electron chi connectivity index (χ2n) is 35.2. The minimum atomic E-state index is -0.913. The summed E-state index contributed by atoms with van der Waals surface area (Å²) in [6, 6.07) is 106. The number of allylic oxidation sites excluding steroid dienone is 12. The molecule has 6 heteroatoms. The lowest BCUT2D eigenvalue weighted by atomic mass is 9.14. The number of benzene rings is 11. The Balaban J connectivity index is 0.000000148. The van der Waals surface area contributed by atoms with E-state index in [4.69, 9.17) is 0 Å². The maximum absolute atomic E-state index is 2.56. The van der Waals surface area contributed by atoms with Crippen LogP contribution in [0.4, 0.5) is 22.7 Å². The van der Waals surface area contributed by atoms with Crippen LogP contribution in [0, 0.1) is 0 Å². The molecule has 0 atom stereocenters. The van der Waals surface area contributed by atoms with Gasteiger partial charge in [-0.3, -0.25) is 0 Å². The van der Waals surface area contributed by atoms with Crippen LogP contribution in [0.3, 0.4) is 0 Å². The van der Waals surface area contributed by atoms with Crippen LogP contribution >= 0.6 is 0 Å². The highest BCUT2D eigenvalue weighted by atomic mass is 15.2. The minimum Gasteiger partial charge on any atom is -0.344 e. The fourth-order valence-corrected chi connectivity index (χ4v) is 20.1. The van der Waals surface area contributed by atoms with Crippen LogP contribution in [0.15, 0.2) is 363 Å². The van der Waals surface area contributed by atoms with Crippen LogP contribution in [-0.4, -0.2) is 59.0 Å². The van der Waals surface area contributed by atoms with Gasteiger partial charge in [-0.15, -0.1) is 0 Å². The van der Waals surface area contributed by atoms with E-state index in [1.807, 2.05) is 0 Å². The number of anilines is 2. The summed E-state index contributed by atoms with van der Waals surface area (Å²) >= 11 is 0. The fraction of sp³-hybridized carbons (Fsp3) is 0.304. The summed E-state index contributed by atoms with van der Waals surface area (Å²) in [4.78, 5) is 5.04. The lowest BCUT2D eigenvalue weighted by Gasteiger charge is -2.43. The molecule has 0 saturated heterocycles. The molecule has 0 radical (unpaired) electrons. The zero-order chi connectivity index (χ0) is 83.2. The van der Waals surface area contributed by atoms with Crippen molar-refractivity contribution in [3.05, 3.63) is 386 Å². The second kappa shape index (κ2) is 40.1. The van der Waals surface area contributed by atoms with Crippen LogP contribution in [0.25, 0.3) is 10.8 Å². The van der Waals surface area contributed by atoms with Crippen molar-refractivity contribution in [2.24, 2.45) is 0 Å². The first kappa shape index (κ1) is 86.5. The zero-order valence-corrected chi connectivity index (χ0v) is 73.7. The van der Waals surface area contributed by atoms with Crippen molar-refractivity contribution in [2.75, 3.05) is 36.0 Å².